The molecule has 0 aromatic carbocycles. The Morgan fingerprint density at radius 1 is 1.00 bits per heavy atom. The fourth-order valence-electron chi connectivity index (χ4n) is 4.35. The van der Waals surface area contributed by atoms with Crippen molar-refractivity contribution in [2.75, 3.05) is 32.8 Å². The molecule has 3 rings (SSSR count). The molecule has 3 fully saturated rings. The minimum Gasteiger partial charge on any atom is -0.381 e. The molecule has 3 atom stereocenters. The van der Waals surface area contributed by atoms with E-state index in [1.807, 2.05) is 0 Å². The zero-order valence-corrected chi connectivity index (χ0v) is 13.8. The van der Waals surface area contributed by atoms with Gasteiger partial charge in [-0.15, -0.1) is 0 Å². The van der Waals surface area contributed by atoms with Crippen molar-refractivity contribution in [2.45, 2.75) is 63.2 Å². The summed E-state index contributed by atoms with van der Waals surface area (Å²) in [4.78, 5) is 2.50. The lowest BCUT2D eigenvalue weighted by Gasteiger charge is -2.38. The predicted molar refractivity (Wildman–Crippen MR) is 83.3 cm³/mol. The summed E-state index contributed by atoms with van der Waals surface area (Å²) in [5, 5.41) is 3.52. The summed E-state index contributed by atoms with van der Waals surface area (Å²) in [6.07, 6.45) is 1.43. The molecule has 0 bridgehead atoms. The summed E-state index contributed by atoms with van der Waals surface area (Å²) >= 11 is 0. The first-order chi connectivity index (χ1) is 11.0. The molecule has 6 heteroatoms. The highest BCUT2D eigenvalue weighted by atomic mass is 19.4. The van der Waals surface area contributed by atoms with E-state index >= 15 is 0 Å². The number of piperidine rings is 1. The van der Waals surface area contributed by atoms with Gasteiger partial charge < -0.3 is 15.0 Å². The number of nitrogens with one attached hydrogen (secondary N) is 1. The highest BCUT2D eigenvalue weighted by Crippen LogP contribution is 2.37. The van der Waals surface area contributed by atoms with Gasteiger partial charge in [0.05, 0.1) is 12.5 Å². The molecule has 2 aliphatic heterocycles. The van der Waals surface area contributed by atoms with Gasteiger partial charge in [0.25, 0.3) is 0 Å². The molecular weight excluding hydrogens is 305 g/mol. The highest BCUT2D eigenvalue weighted by Gasteiger charge is 2.42. The molecule has 0 spiro atoms. The summed E-state index contributed by atoms with van der Waals surface area (Å²) in [5.74, 6) is -0.429. The Morgan fingerprint density at radius 2 is 1.78 bits per heavy atom. The van der Waals surface area contributed by atoms with Crippen LogP contribution in [0.4, 0.5) is 13.2 Å². The van der Waals surface area contributed by atoms with Gasteiger partial charge in [0.2, 0.25) is 0 Å². The van der Waals surface area contributed by atoms with Crippen LogP contribution in [0.5, 0.6) is 0 Å². The van der Waals surface area contributed by atoms with Gasteiger partial charge in [0, 0.05) is 25.2 Å². The number of nitrogens with zero attached hydrogens (tertiary/aromatic N) is 1. The minimum atomic E-state index is -4.02. The molecule has 1 aliphatic carbocycles. The molecule has 2 saturated heterocycles. The summed E-state index contributed by atoms with van der Waals surface area (Å²) in [6.45, 7) is 5.02. The second-order valence-corrected chi connectivity index (χ2v) is 7.57. The molecule has 3 nitrogen and oxygen atoms in total. The lowest BCUT2D eigenvalue weighted by molar-refractivity contribution is -0.184. The van der Waals surface area contributed by atoms with E-state index in [0.717, 1.165) is 52.1 Å². The molecule has 2 heterocycles. The molecule has 0 aromatic heterocycles. The third kappa shape index (κ3) is 5.07. The van der Waals surface area contributed by atoms with Crippen molar-refractivity contribution in [1.82, 2.24) is 10.2 Å². The third-order valence-corrected chi connectivity index (χ3v) is 5.74. The quantitative estimate of drug-likeness (QED) is 0.854. The third-order valence-electron chi connectivity index (χ3n) is 5.74. The van der Waals surface area contributed by atoms with Gasteiger partial charge in [0.1, 0.15) is 0 Å². The van der Waals surface area contributed by atoms with E-state index in [-0.39, 0.29) is 12.5 Å². The van der Waals surface area contributed by atoms with Crippen molar-refractivity contribution in [3.05, 3.63) is 0 Å². The van der Waals surface area contributed by atoms with Crippen LogP contribution < -0.4 is 5.32 Å². The minimum absolute atomic E-state index is 0.0511. The van der Waals surface area contributed by atoms with E-state index in [1.165, 1.54) is 6.42 Å². The molecule has 0 unspecified atom stereocenters. The van der Waals surface area contributed by atoms with Crippen LogP contribution in [0.2, 0.25) is 0 Å². The fraction of sp³-hybridized carbons (Fsp3) is 1.00. The number of alkyl halides is 3. The van der Waals surface area contributed by atoms with Gasteiger partial charge >= 0.3 is 6.18 Å². The zero-order chi connectivity index (χ0) is 16.3. The average Bonchev–Trinajstić information content (AvgIpc) is 3.02. The second-order valence-electron chi connectivity index (χ2n) is 7.57. The number of likely N-dealkylation sites (tertiary alicyclic amines) is 1. The van der Waals surface area contributed by atoms with Crippen molar-refractivity contribution in [3.63, 3.8) is 0 Å². The smallest absolute Gasteiger partial charge is 0.381 e. The fourth-order valence-corrected chi connectivity index (χ4v) is 4.35. The molecular formula is C17H29F3N2O. The molecule has 0 aromatic rings. The van der Waals surface area contributed by atoms with Crippen molar-refractivity contribution in [2.24, 2.45) is 11.8 Å². The first kappa shape index (κ1) is 17.5. The van der Waals surface area contributed by atoms with Gasteiger partial charge in [-0.2, -0.15) is 13.2 Å². The van der Waals surface area contributed by atoms with Crippen LogP contribution in [0.1, 0.15) is 44.9 Å². The first-order valence-corrected chi connectivity index (χ1v) is 9.13. The summed E-state index contributed by atoms with van der Waals surface area (Å²) < 4.78 is 44.1. The van der Waals surface area contributed by atoms with Crippen LogP contribution in [-0.4, -0.2) is 56.0 Å². The second kappa shape index (κ2) is 7.70. The lowest BCUT2D eigenvalue weighted by Crippen LogP contribution is -2.49. The Hall–Kier alpha value is -0.330. The Morgan fingerprint density at radius 3 is 2.43 bits per heavy atom. The standard InChI is InChI=1S/C17H29F3N2O/c18-17(19,20)14-2-1-3-16(10-14)21-15-4-7-22(8-5-15)11-13-6-9-23-12-13/h13-16,21H,1-12H2/t13-,14+,16-/m0/s1. The van der Waals surface area contributed by atoms with Crippen LogP contribution in [0.3, 0.4) is 0 Å². The predicted octanol–water partition coefficient (Wildman–Crippen LogP) is 3.20. The van der Waals surface area contributed by atoms with Crippen LogP contribution >= 0.6 is 0 Å². The summed E-state index contributed by atoms with van der Waals surface area (Å²) in [6, 6.07) is 0.443. The Kier molecular flexibility index (Phi) is 5.86. The SMILES string of the molecule is FC(F)(F)[C@@H]1CCC[C@H](NC2CCN(C[C@@H]3CCOC3)CC2)C1. The number of halogens is 3. The van der Waals surface area contributed by atoms with Crippen LogP contribution in [0.15, 0.2) is 0 Å². The monoisotopic (exact) mass is 334 g/mol. The number of hydrogen-bond acceptors (Lipinski definition) is 3. The molecule has 0 radical (unpaired) electrons. The topological polar surface area (TPSA) is 24.5 Å². The van der Waals surface area contributed by atoms with Crippen molar-refractivity contribution < 1.29 is 17.9 Å². The van der Waals surface area contributed by atoms with E-state index in [4.69, 9.17) is 4.74 Å². The van der Waals surface area contributed by atoms with E-state index in [2.05, 4.69) is 10.2 Å². The molecule has 1 saturated carbocycles. The number of ether oxygens (including phenoxy) is 1. The number of rotatable bonds is 4. The van der Waals surface area contributed by atoms with Gasteiger partial charge in [-0.25, -0.2) is 0 Å². The Labute approximate surface area is 136 Å². The molecule has 3 aliphatic rings. The van der Waals surface area contributed by atoms with Gasteiger partial charge in [-0.3, -0.25) is 0 Å². The zero-order valence-electron chi connectivity index (χ0n) is 13.8. The van der Waals surface area contributed by atoms with E-state index in [1.54, 1.807) is 0 Å². The van der Waals surface area contributed by atoms with Crippen molar-refractivity contribution >= 4 is 0 Å². The largest absolute Gasteiger partial charge is 0.391 e. The van der Waals surface area contributed by atoms with E-state index in [9.17, 15) is 13.2 Å². The van der Waals surface area contributed by atoms with Crippen LogP contribution in [0.25, 0.3) is 0 Å². The molecule has 1 N–H and O–H groups in total. The van der Waals surface area contributed by atoms with E-state index < -0.39 is 12.1 Å². The Balaban J connectivity index is 1.38. The highest BCUT2D eigenvalue weighted by molar-refractivity contribution is 4.86. The molecule has 23 heavy (non-hydrogen) atoms. The number of hydrogen-bond donors (Lipinski definition) is 1. The lowest BCUT2D eigenvalue weighted by atomic mass is 9.84. The van der Waals surface area contributed by atoms with Crippen LogP contribution in [-0.2, 0) is 4.74 Å². The van der Waals surface area contributed by atoms with Crippen LogP contribution in [0, 0.1) is 11.8 Å². The maximum atomic E-state index is 12.9. The van der Waals surface area contributed by atoms with Crippen molar-refractivity contribution in [3.8, 4) is 0 Å². The Bertz CT molecular complexity index is 363. The first-order valence-electron chi connectivity index (χ1n) is 9.13. The van der Waals surface area contributed by atoms with Gasteiger partial charge in [0.15, 0.2) is 0 Å². The average molecular weight is 334 g/mol. The van der Waals surface area contributed by atoms with Gasteiger partial charge in [-0.1, -0.05) is 6.42 Å². The normalized spacial score (nSPS) is 34.8. The summed E-state index contributed by atoms with van der Waals surface area (Å²) in [7, 11) is 0. The molecule has 134 valence electrons. The van der Waals surface area contributed by atoms with E-state index in [0.29, 0.717) is 24.8 Å². The maximum Gasteiger partial charge on any atom is 0.391 e. The van der Waals surface area contributed by atoms with Gasteiger partial charge in [-0.05, 0) is 57.5 Å². The molecule has 0 amide bonds. The maximum absolute atomic E-state index is 12.9. The summed E-state index contributed by atoms with van der Waals surface area (Å²) in [5.41, 5.74) is 0. The van der Waals surface area contributed by atoms with Crippen molar-refractivity contribution in [1.29, 1.82) is 0 Å².